The highest BCUT2D eigenvalue weighted by Crippen LogP contribution is 2.20. The van der Waals surface area contributed by atoms with Crippen LogP contribution >= 0.6 is 0 Å². The third kappa shape index (κ3) is 3.72. The van der Waals surface area contributed by atoms with Gasteiger partial charge < -0.3 is 10.3 Å². The van der Waals surface area contributed by atoms with Crippen LogP contribution in [-0.2, 0) is 10.0 Å². The first-order valence-electron chi connectivity index (χ1n) is 7.87. The highest BCUT2D eigenvalue weighted by atomic mass is 32.2. The summed E-state index contributed by atoms with van der Waals surface area (Å²) in [5, 5.41) is 3.62. The molecular weight excluding hydrogens is 338 g/mol. The molecular formula is C18H19N3O3S. The molecule has 3 aromatic rings. The molecule has 0 radical (unpaired) electrons. The lowest BCUT2D eigenvalue weighted by Gasteiger charge is -2.10. The molecule has 1 amide bonds. The maximum absolute atomic E-state index is 12.5. The number of aromatic nitrogens is 1. The molecule has 6 nitrogen and oxygen atoms in total. The number of hydrogen-bond acceptors (Lipinski definition) is 3. The van der Waals surface area contributed by atoms with E-state index in [-0.39, 0.29) is 16.8 Å². The second-order valence-corrected chi connectivity index (χ2v) is 7.72. The molecule has 2 aromatic carbocycles. The number of fused-ring (bicyclic) bond motifs is 1. The quantitative estimate of drug-likeness (QED) is 0.655. The van der Waals surface area contributed by atoms with Crippen molar-refractivity contribution < 1.29 is 13.2 Å². The van der Waals surface area contributed by atoms with Gasteiger partial charge in [0.15, 0.2) is 0 Å². The van der Waals surface area contributed by atoms with Gasteiger partial charge in [-0.05, 0) is 44.2 Å². The fourth-order valence-electron chi connectivity index (χ4n) is 2.55. The van der Waals surface area contributed by atoms with Gasteiger partial charge in [-0.15, -0.1) is 0 Å². The highest BCUT2D eigenvalue weighted by Gasteiger charge is 2.16. The largest absolute Gasteiger partial charge is 0.360 e. The zero-order valence-corrected chi connectivity index (χ0v) is 14.7. The van der Waals surface area contributed by atoms with Crippen LogP contribution in [0.2, 0.25) is 0 Å². The molecule has 1 aromatic heterocycles. The van der Waals surface area contributed by atoms with Crippen molar-refractivity contribution >= 4 is 32.5 Å². The lowest BCUT2D eigenvalue weighted by atomic mass is 10.1. The van der Waals surface area contributed by atoms with Gasteiger partial charge in [-0.25, -0.2) is 13.1 Å². The third-order valence-corrected chi connectivity index (χ3v) is 5.32. The molecule has 7 heteroatoms. The van der Waals surface area contributed by atoms with E-state index in [0.29, 0.717) is 11.3 Å². The van der Waals surface area contributed by atoms with Crippen LogP contribution in [0.1, 0.15) is 24.2 Å². The maximum Gasteiger partial charge on any atom is 0.257 e. The molecule has 3 N–H and O–H groups in total. The molecule has 25 heavy (non-hydrogen) atoms. The van der Waals surface area contributed by atoms with Crippen molar-refractivity contribution in [2.45, 2.75) is 24.8 Å². The SMILES string of the molecule is CC(C)NS(=O)(=O)c1ccc(NC(=O)c2c[nH]c3ccccc23)cc1. The van der Waals surface area contributed by atoms with Gasteiger partial charge in [0.25, 0.3) is 5.91 Å². The number of benzene rings is 2. The summed E-state index contributed by atoms with van der Waals surface area (Å²) in [5.74, 6) is -0.256. The third-order valence-electron chi connectivity index (χ3n) is 3.65. The molecule has 0 fully saturated rings. The van der Waals surface area contributed by atoms with Crippen LogP contribution in [0.15, 0.2) is 59.6 Å². The lowest BCUT2D eigenvalue weighted by Crippen LogP contribution is -2.30. The second kappa shape index (κ2) is 6.70. The van der Waals surface area contributed by atoms with E-state index in [1.807, 2.05) is 24.3 Å². The van der Waals surface area contributed by atoms with E-state index in [2.05, 4.69) is 15.0 Å². The predicted molar refractivity (Wildman–Crippen MR) is 98.2 cm³/mol. The summed E-state index contributed by atoms with van der Waals surface area (Å²) in [6.07, 6.45) is 1.66. The molecule has 0 atom stereocenters. The van der Waals surface area contributed by atoms with E-state index < -0.39 is 10.0 Å². The number of rotatable bonds is 5. The smallest absolute Gasteiger partial charge is 0.257 e. The number of hydrogen-bond donors (Lipinski definition) is 3. The molecule has 3 rings (SSSR count). The van der Waals surface area contributed by atoms with E-state index in [1.165, 1.54) is 12.1 Å². The van der Waals surface area contributed by atoms with Crippen molar-refractivity contribution in [1.29, 1.82) is 0 Å². The number of aromatic amines is 1. The average molecular weight is 357 g/mol. The van der Waals surface area contributed by atoms with E-state index in [9.17, 15) is 13.2 Å². The van der Waals surface area contributed by atoms with Crippen LogP contribution in [0.5, 0.6) is 0 Å². The fourth-order valence-corrected chi connectivity index (χ4v) is 3.80. The summed E-state index contributed by atoms with van der Waals surface area (Å²) < 4.78 is 26.7. The standard InChI is InChI=1S/C18H19N3O3S/c1-12(2)21-25(23,24)14-9-7-13(8-10-14)20-18(22)16-11-19-17-6-4-3-5-15(16)17/h3-12,19,21H,1-2H3,(H,20,22). The Labute approximate surface area is 146 Å². The van der Waals surface area contributed by atoms with Crippen molar-refractivity contribution in [2.24, 2.45) is 0 Å². The molecule has 0 unspecified atom stereocenters. The minimum atomic E-state index is -3.54. The number of anilines is 1. The van der Waals surface area contributed by atoms with Crippen LogP contribution < -0.4 is 10.0 Å². The summed E-state index contributed by atoms with van der Waals surface area (Å²) in [6, 6.07) is 13.4. The number of para-hydroxylation sites is 1. The van der Waals surface area contributed by atoms with Crippen molar-refractivity contribution in [3.63, 3.8) is 0 Å². The van der Waals surface area contributed by atoms with Crippen LogP contribution in [0.4, 0.5) is 5.69 Å². The number of amides is 1. The molecule has 1 heterocycles. The van der Waals surface area contributed by atoms with Crippen molar-refractivity contribution in [3.05, 3.63) is 60.3 Å². The van der Waals surface area contributed by atoms with Crippen molar-refractivity contribution in [2.75, 3.05) is 5.32 Å². The van der Waals surface area contributed by atoms with Crippen LogP contribution in [-0.4, -0.2) is 25.4 Å². The first-order valence-corrected chi connectivity index (χ1v) is 9.35. The normalized spacial score (nSPS) is 11.8. The monoisotopic (exact) mass is 357 g/mol. The number of carbonyl (C=O) groups excluding carboxylic acids is 1. The molecule has 0 aliphatic carbocycles. The first kappa shape index (κ1) is 17.2. The van der Waals surface area contributed by atoms with Crippen molar-refractivity contribution in [1.82, 2.24) is 9.71 Å². The van der Waals surface area contributed by atoms with E-state index >= 15 is 0 Å². The zero-order valence-electron chi connectivity index (χ0n) is 13.9. The van der Waals surface area contributed by atoms with Crippen LogP contribution in [0.3, 0.4) is 0 Å². The lowest BCUT2D eigenvalue weighted by molar-refractivity contribution is 0.102. The fraction of sp³-hybridized carbons (Fsp3) is 0.167. The number of sulfonamides is 1. The van der Waals surface area contributed by atoms with E-state index in [4.69, 9.17) is 0 Å². The molecule has 0 saturated heterocycles. The Morgan fingerprint density at radius 2 is 1.72 bits per heavy atom. The van der Waals surface area contributed by atoms with Gasteiger partial charge in [-0.1, -0.05) is 18.2 Å². The van der Waals surface area contributed by atoms with Gasteiger partial charge in [0, 0.05) is 28.8 Å². The van der Waals surface area contributed by atoms with E-state index in [0.717, 1.165) is 10.9 Å². The van der Waals surface area contributed by atoms with Gasteiger partial charge in [0.2, 0.25) is 10.0 Å². The topological polar surface area (TPSA) is 91.1 Å². The minimum absolute atomic E-state index is 0.159. The highest BCUT2D eigenvalue weighted by molar-refractivity contribution is 7.89. The Hall–Kier alpha value is -2.64. The first-order chi connectivity index (χ1) is 11.9. The van der Waals surface area contributed by atoms with Gasteiger partial charge >= 0.3 is 0 Å². The number of H-pyrrole nitrogens is 1. The Morgan fingerprint density at radius 3 is 2.40 bits per heavy atom. The van der Waals surface area contributed by atoms with Gasteiger partial charge in [0.1, 0.15) is 0 Å². The average Bonchev–Trinajstić information content (AvgIpc) is 2.98. The van der Waals surface area contributed by atoms with Crippen LogP contribution in [0, 0.1) is 0 Å². The summed E-state index contributed by atoms with van der Waals surface area (Å²) in [7, 11) is -3.54. The molecule has 0 aliphatic rings. The predicted octanol–water partition coefficient (Wildman–Crippen LogP) is 3.11. The zero-order chi connectivity index (χ0) is 18.0. The van der Waals surface area contributed by atoms with Crippen LogP contribution in [0.25, 0.3) is 10.9 Å². The summed E-state index contributed by atoms with van der Waals surface area (Å²) in [6.45, 7) is 3.51. The van der Waals surface area contributed by atoms with Gasteiger partial charge in [0.05, 0.1) is 10.5 Å². The summed E-state index contributed by atoms with van der Waals surface area (Å²) >= 11 is 0. The Morgan fingerprint density at radius 1 is 1.04 bits per heavy atom. The minimum Gasteiger partial charge on any atom is -0.360 e. The Kier molecular flexibility index (Phi) is 4.61. The number of nitrogens with one attached hydrogen (secondary N) is 3. The van der Waals surface area contributed by atoms with Gasteiger partial charge in [-0.2, -0.15) is 0 Å². The molecule has 130 valence electrons. The van der Waals surface area contributed by atoms with E-state index in [1.54, 1.807) is 32.2 Å². The summed E-state index contributed by atoms with van der Waals surface area (Å²) in [4.78, 5) is 15.7. The molecule has 0 bridgehead atoms. The molecule has 0 saturated carbocycles. The maximum atomic E-state index is 12.5. The number of carbonyl (C=O) groups is 1. The van der Waals surface area contributed by atoms with Crippen molar-refractivity contribution in [3.8, 4) is 0 Å². The Bertz CT molecular complexity index is 1010. The molecule has 0 aliphatic heterocycles. The van der Waals surface area contributed by atoms with Gasteiger partial charge in [-0.3, -0.25) is 4.79 Å². The summed E-state index contributed by atoms with van der Waals surface area (Å²) in [5.41, 5.74) is 1.95. The Balaban J connectivity index is 1.79. The molecule has 0 spiro atoms. The second-order valence-electron chi connectivity index (χ2n) is 6.00.